The molecule has 0 saturated heterocycles. The molecule has 0 atom stereocenters. The molecule has 2 aromatic carbocycles. The molecule has 0 unspecified atom stereocenters. The van der Waals surface area contributed by atoms with Gasteiger partial charge in [0.15, 0.2) is 5.78 Å². The first kappa shape index (κ1) is 23.3. The van der Waals surface area contributed by atoms with Crippen molar-refractivity contribution in [2.24, 2.45) is 0 Å². The average molecular weight is 414 g/mol. The highest BCUT2D eigenvalue weighted by Gasteiger charge is 2.18. The van der Waals surface area contributed by atoms with Gasteiger partial charge in [-0.3, -0.25) is 4.79 Å². The minimum Gasteiger partial charge on any atom is -0.491 e. The van der Waals surface area contributed by atoms with Crippen LogP contribution in [0.3, 0.4) is 0 Å². The van der Waals surface area contributed by atoms with Gasteiger partial charge in [-0.2, -0.15) is 0 Å². The lowest BCUT2D eigenvalue weighted by molar-refractivity contribution is 0.0377. The van der Waals surface area contributed by atoms with Crippen LogP contribution in [0.2, 0.25) is 0 Å². The molecule has 0 aromatic heterocycles. The molecule has 2 rings (SSSR count). The number of ketones is 1. The molecule has 30 heavy (non-hydrogen) atoms. The van der Waals surface area contributed by atoms with E-state index >= 15 is 0 Å². The Bertz CT molecular complexity index is 902. The van der Waals surface area contributed by atoms with Gasteiger partial charge in [0.05, 0.1) is 29.6 Å². The van der Waals surface area contributed by atoms with E-state index in [9.17, 15) is 9.59 Å². The molecule has 6 heteroatoms. The number of Topliss-reactive ketones (excluding diaryl/α,β-unsaturated/α-hetero) is 1. The van der Waals surface area contributed by atoms with Crippen LogP contribution in [-0.4, -0.2) is 30.1 Å². The number of rotatable bonds is 9. The topological polar surface area (TPSA) is 87.9 Å². The minimum absolute atomic E-state index is 0.0539. The van der Waals surface area contributed by atoms with Crippen molar-refractivity contribution in [3.05, 3.63) is 53.1 Å². The Morgan fingerprint density at radius 1 is 0.800 bits per heavy atom. The number of carbonyl (C=O) groups is 2. The lowest BCUT2D eigenvalue weighted by Crippen LogP contribution is -2.14. The molecule has 0 aliphatic carbocycles. The van der Waals surface area contributed by atoms with Gasteiger partial charge in [-0.1, -0.05) is 6.07 Å². The third-order valence-electron chi connectivity index (χ3n) is 4.06. The van der Waals surface area contributed by atoms with Gasteiger partial charge >= 0.3 is 5.97 Å². The fraction of sp³-hybridized carbons (Fsp3) is 0.417. The Hall–Kier alpha value is -3.02. The van der Waals surface area contributed by atoms with Crippen LogP contribution < -0.4 is 15.2 Å². The van der Waals surface area contributed by atoms with E-state index in [-0.39, 0.29) is 30.5 Å². The smallest absolute Gasteiger partial charge is 0.338 e. The van der Waals surface area contributed by atoms with Crippen molar-refractivity contribution < 1.29 is 23.8 Å². The van der Waals surface area contributed by atoms with Crippen molar-refractivity contribution in [1.82, 2.24) is 0 Å². The van der Waals surface area contributed by atoms with Crippen molar-refractivity contribution in [3.8, 4) is 11.5 Å². The minimum atomic E-state index is -0.425. The number of ether oxygens (including phenoxy) is 3. The Morgan fingerprint density at radius 2 is 1.37 bits per heavy atom. The second-order valence-electron chi connectivity index (χ2n) is 7.96. The highest BCUT2D eigenvalue weighted by atomic mass is 16.5. The second kappa shape index (κ2) is 10.1. The summed E-state index contributed by atoms with van der Waals surface area (Å²) >= 11 is 0. The summed E-state index contributed by atoms with van der Waals surface area (Å²) in [6.45, 7) is 11.2. The van der Waals surface area contributed by atoms with Crippen molar-refractivity contribution in [2.45, 2.75) is 66.3 Å². The number of nitrogen functional groups attached to an aromatic ring is 1. The summed E-state index contributed by atoms with van der Waals surface area (Å²) in [6, 6.07) is 10.0. The van der Waals surface area contributed by atoms with Gasteiger partial charge in [0.1, 0.15) is 11.5 Å². The van der Waals surface area contributed by atoms with Gasteiger partial charge in [0.25, 0.3) is 0 Å². The maximum absolute atomic E-state index is 12.9. The molecule has 0 aliphatic rings. The second-order valence-corrected chi connectivity index (χ2v) is 7.96. The summed E-state index contributed by atoms with van der Waals surface area (Å²) < 4.78 is 16.8. The fourth-order valence-electron chi connectivity index (χ4n) is 2.81. The molecule has 0 radical (unpaired) electrons. The van der Waals surface area contributed by atoms with E-state index in [2.05, 4.69) is 0 Å². The predicted molar refractivity (Wildman–Crippen MR) is 117 cm³/mol. The van der Waals surface area contributed by atoms with Crippen molar-refractivity contribution >= 4 is 17.4 Å². The number of hydrogen-bond acceptors (Lipinski definition) is 6. The quantitative estimate of drug-likeness (QED) is 0.360. The van der Waals surface area contributed by atoms with Crippen LogP contribution in [0.25, 0.3) is 0 Å². The number of hydrogen-bond donors (Lipinski definition) is 1. The third-order valence-corrected chi connectivity index (χ3v) is 4.06. The van der Waals surface area contributed by atoms with Crippen molar-refractivity contribution in [2.75, 3.05) is 5.73 Å². The summed E-state index contributed by atoms with van der Waals surface area (Å²) in [7, 11) is 0. The number of anilines is 1. The average Bonchev–Trinajstić information content (AvgIpc) is 2.63. The first-order valence-electron chi connectivity index (χ1n) is 10.2. The Kier molecular flexibility index (Phi) is 7.86. The molecule has 162 valence electrons. The Labute approximate surface area is 178 Å². The van der Waals surface area contributed by atoms with Crippen LogP contribution in [0, 0.1) is 0 Å². The maximum Gasteiger partial charge on any atom is 0.338 e. The molecule has 0 heterocycles. The molecule has 2 aromatic rings. The van der Waals surface area contributed by atoms with E-state index < -0.39 is 5.97 Å². The highest BCUT2D eigenvalue weighted by molar-refractivity contribution is 5.99. The maximum atomic E-state index is 12.9. The molecular formula is C24H31NO5. The molecule has 0 bridgehead atoms. The molecule has 0 amide bonds. The van der Waals surface area contributed by atoms with E-state index in [0.29, 0.717) is 33.9 Å². The van der Waals surface area contributed by atoms with Gasteiger partial charge in [-0.25, -0.2) is 4.79 Å². The van der Waals surface area contributed by atoms with E-state index in [0.717, 1.165) is 0 Å². The fourth-order valence-corrected chi connectivity index (χ4v) is 2.81. The van der Waals surface area contributed by atoms with E-state index in [1.54, 1.807) is 50.2 Å². The molecular weight excluding hydrogens is 382 g/mol. The van der Waals surface area contributed by atoms with Crippen LogP contribution in [0.4, 0.5) is 5.69 Å². The number of benzene rings is 2. The summed E-state index contributed by atoms with van der Waals surface area (Å²) in [5, 5.41) is 0. The zero-order valence-electron chi connectivity index (χ0n) is 18.5. The van der Waals surface area contributed by atoms with Gasteiger partial charge in [-0.05, 0) is 71.9 Å². The lowest BCUT2D eigenvalue weighted by atomic mass is 10.00. The van der Waals surface area contributed by atoms with Gasteiger partial charge in [-0.15, -0.1) is 0 Å². The van der Waals surface area contributed by atoms with Crippen LogP contribution in [0.1, 0.15) is 67.8 Å². The SMILES string of the molecule is CC(C)OC(=O)c1ccc(CC(=O)c2ccc(N)c(OC(C)C)c2)c(OC(C)C)c1. The van der Waals surface area contributed by atoms with Crippen LogP contribution in [0.5, 0.6) is 11.5 Å². The number of esters is 1. The van der Waals surface area contributed by atoms with E-state index in [4.69, 9.17) is 19.9 Å². The number of carbonyl (C=O) groups excluding carboxylic acids is 2. The highest BCUT2D eigenvalue weighted by Crippen LogP contribution is 2.27. The molecule has 0 saturated carbocycles. The Morgan fingerprint density at radius 3 is 1.97 bits per heavy atom. The molecule has 2 N–H and O–H groups in total. The van der Waals surface area contributed by atoms with Crippen LogP contribution in [0.15, 0.2) is 36.4 Å². The van der Waals surface area contributed by atoms with Gasteiger partial charge in [0, 0.05) is 17.5 Å². The van der Waals surface area contributed by atoms with Crippen LogP contribution >= 0.6 is 0 Å². The monoisotopic (exact) mass is 413 g/mol. The zero-order chi connectivity index (χ0) is 22.4. The largest absolute Gasteiger partial charge is 0.491 e. The lowest BCUT2D eigenvalue weighted by Gasteiger charge is -2.16. The van der Waals surface area contributed by atoms with Gasteiger partial charge < -0.3 is 19.9 Å². The first-order valence-corrected chi connectivity index (χ1v) is 10.2. The zero-order valence-corrected chi connectivity index (χ0v) is 18.5. The normalized spacial score (nSPS) is 11.1. The van der Waals surface area contributed by atoms with Gasteiger partial charge in [0.2, 0.25) is 0 Å². The molecule has 6 nitrogen and oxygen atoms in total. The first-order chi connectivity index (χ1) is 14.1. The Balaban J connectivity index is 2.30. The summed E-state index contributed by atoms with van der Waals surface area (Å²) in [5.74, 6) is 0.451. The summed E-state index contributed by atoms with van der Waals surface area (Å²) in [4.78, 5) is 25.2. The third kappa shape index (κ3) is 6.51. The predicted octanol–water partition coefficient (Wildman–Crippen LogP) is 4.83. The van der Waals surface area contributed by atoms with E-state index in [1.807, 2.05) is 27.7 Å². The molecule has 0 spiro atoms. The van der Waals surface area contributed by atoms with Crippen LogP contribution in [-0.2, 0) is 11.2 Å². The molecule has 0 fully saturated rings. The van der Waals surface area contributed by atoms with E-state index in [1.165, 1.54) is 0 Å². The molecule has 0 aliphatic heterocycles. The standard InChI is InChI=1S/C24H31NO5/c1-14(2)28-22-13-19(24(27)30-16(5)6)8-7-18(22)11-21(26)17-9-10-20(25)23(12-17)29-15(3)4/h7-10,12-16H,11,25H2,1-6H3. The van der Waals surface area contributed by atoms with Crippen molar-refractivity contribution in [3.63, 3.8) is 0 Å². The summed E-state index contributed by atoms with van der Waals surface area (Å²) in [5.41, 5.74) is 8.01. The summed E-state index contributed by atoms with van der Waals surface area (Å²) in [6.07, 6.45) is -0.271. The number of nitrogens with two attached hydrogens (primary N) is 1. The van der Waals surface area contributed by atoms with Crippen molar-refractivity contribution in [1.29, 1.82) is 0 Å².